The van der Waals surface area contributed by atoms with Gasteiger partial charge >= 0.3 is 0 Å². The fraction of sp³-hybridized carbons (Fsp3) is 0.0714. The molecule has 1 heterocycles. The molecule has 0 spiro atoms. The largest absolute Gasteiger partial charge is 0.318 e. The van der Waals surface area contributed by atoms with Crippen LogP contribution in [0.25, 0.3) is 0 Å². The second kappa shape index (κ2) is 5.19. The number of carbonyl (C=O) groups excluding carboxylic acids is 1. The van der Waals surface area contributed by atoms with Crippen LogP contribution in [-0.4, -0.2) is 17.9 Å². The number of carbonyl (C=O) groups is 1. The Balaban J connectivity index is 2.28. The van der Waals surface area contributed by atoms with Crippen LogP contribution in [0, 0.1) is 11.3 Å². The molecule has 1 aromatic carbocycles. The van der Waals surface area contributed by atoms with Gasteiger partial charge in [-0.05, 0) is 30.3 Å². The standard InChI is InChI=1S/C14H11N3O2/c1-17(11-7-5-10(9-15)6-8-11)14(19)12-3-2-4-13(18)16-12/h2-8H,1H3,(H,16,18). The van der Waals surface area contributed by atoms with Crippen LogP contribution < -0.4 is 10.5 Å². The summed E-state index contributed by atoms with van der Waals surface area (Å²) in [7, 11) is 1.61. The summed E-state index contributed by atoms with van der Waals surface area (Å²) in [6.45, 7) is 0. The molecule has 0 radical (unpaired) electrons. The summed E-state index contributed by atoms with van der Waals surface area (Å²) in [5.74, 6) is -0.317. The van der Waals surface area contributed by atoms with Gasteiger partial charge in [0.1, 0.15) is 5.69 Å². The van der Waals surface area contributed by atoms with Crippen molar-refractivity contribution in [2.45, 2.75) is 0 Å². The molecule has 5 nitrogen and oxygen atoms in total. The third-order valence-corrected chi connectivity index (χ3v) is 2.69. The van der Waals surface area contributed by atoms with E-state index in [0.29, 0.717) is 11.3 Å². The molecule has 0 saturated heterocycles. The average molecular weight is 253 g/mol. The first-order valence-corrected chi connectivity index (χ1v) is 5.59. The Morgan fingerprint density at radius 2 is 1.89 bits per heavy atom. The SMILES string of the molecule is CN(C(=O)c1cccc(=O)[nH]1)c1ccc(C#N)cc1. The Hall–Kier alpha value is -2.87. The maximum absolute atomic E-state index is 12.1. The van der Waals surface area contributed by atoms with E-state index in [4.69, 9.17) is 5.26 Å². The van der Waals surface area contributed by atoms with E-state index in [1.165, 1.54) is 17.0 Å². The predicted molar refractivity (Wildman–Crippen MR) is 71.0 cm³/mol. The molecule has 0 saturated carbocycles. The number of rotatable bonds is 2. The number of hydrogen-bond acceptors (Lipinski definition) is 3. The molecule has 0 aliphatic heterocycles. The molecule has 0 aliphatic rings. The van der Waals surface area contributed by atoms with Crippen LogP contribution in [0.15, 0.2) is 47.3 Å². The van der Waals surface area contributed by atoms with Crippen LogP contribution in [0.1, 0.15) is 16.1 Å². The number of benzene rings is 1. The van der Waals surface area contributed by atoms with Crippen LogP contribution in [0.5, 0.6) is 0 Å². The Morgan fingerprint density at radius 1 is 1.21 bits per heavy atom. The van der Waals surface area contributed by atoms with Gasteiger partial charge in [0.15, 0.2) is 0 Å². The minimum atomic E-state index is -0.320. The maximum atomic E-state index is 12.1. The number of anilines is 1. The molecule has 0 unspecified atom stereocenters. The van der Waals surface area contributed by atoms with Gasteiger partial charge in [-0.1, -0.05) is 6.07 Å². The Labute approximate surface area is 109 Å². The first-order valence-electron chi connectivity index (χ1n) is 5.59. The summed E-state index contributed by atoms with van der Waals surface area (Å²) >= 11 is 0. The normalized spacial score (nSPS) is 9.68. The van der Waals surface area contributed by atoms with Crippen LogP contribution in [-0.2, 0) is 0 Å². The quantitative estimate of drug-likeness (QED) is 0.881. The average Bonchev–Trinajstić information content (AvgIpc) is 2.46. The lowest BCUT2D eigenvalue weighted by Crippen LogP contribution is -2.28. The lowest BCUT2D eigenvalue weighted by Gasteiger charge is -2.17. The summed E-state index contributed by atoms with van der Waals surface area (Å²) in [5.41, 5.74) is 1.07. The van der Waals surface area contributed by atoms with Crippen LogP contribution >= 0.6 is 0 Å². The highest BCUT2D eigenvalue weighted by Crippen LogP contribution is 2.15. The predicted octanol–water partition coefficient (Wildman–Crippen LogP) is 1.52. The molecule has 1 amide bonds. The van der Waals surface area contributed by atoms with E-state index in [9.17, 15) is 9.59 Å². The van der Waals surface area contributed by atoms with Gasteiger partial charge in [-0.25, -0.2) is 0 Å². The number of aromatic nitrogens is 1. The minimum absolute atomic E-state index is 0.222. The van der Waals surface area contributed by atoms with Crippen molar-refractivity contribution in [3.8, 4) is 6.07 Å². The highest BCUT2D eigenvalue weighted by molar-refractivity contribution is 6.04. The van der Waals surface area contributed by atoms with E-state index in [0.717, 1.165) is 0 Å². The zero-order valence-corrected chi connectivity index (χ0v) is 10.3. The number of nitrogens with zero attached hydrogens (tertiary/aromatic N) is 2. The van der Waals surface area contributed by atoms with Crippen LogP contribution in [0.4, 0.5) is 5.69 Å². The zero-order chi connectivity index (χ0) is 13.8. The van der Waals surface area contributed by atoms with Crippen molar-refractivity contribution in [1.82, 2.24) is 4.98 Å². The summed E-state index contributed by atoms with van der Waals surface area (Å²) < 4.78 is 0. The van der Waals surface area contributed by atoms with E-state index >= 15 is 0 Å². The van der Waals surface area contributed by atoms with E-state index in [-0.39, 0.29) is 17.2 Å². The van der Waals surface area contributed by atoms with Crippen molar-refractivity contribution < 1.29 is 4.79 Å². The highest BCUT2D eigenvalue weighted by atomic mass is 16.2. The van der Waals surface area contributed by atoms with Crippen molar-refractivity contribution in [1.29, 1.82) is 5.26 Å². The van der Waals surface area contributed by atoms with Gasteiger partial charge in [0.25, 0.3) is 5.91 Å². The number of pyridine rings is 1. The zero-order valence-electron chi connectivity index (χ0n) is 10.3. The third-order valence-electron chi connectivity index (χ3n) is 2.69. The second-order valence-electron chi connectivity index (χ2n) is 3.95. The van der Waals surface area contributed by atoms with Crippen molar-refractivity contribution in [2.75, 3.05) is 11.9 Å². The van der Waals surface area contributed by atoms with Crippen LogP contribution in [0.3, 0.4) is 0 Å². The smallest absolute Gasteiger partial charge is 0.274 e. The first-order chi connectivity index (χ1) is 9.11. The Kier molecular flexibility index (Phi) is 3.44. The van der Waals surface area contributed by atoms with Gasteiger partial charge in [0, 0.05) is 18.8 Å². The fourth-order valence-corrected chi connectivity index (χ4v) is 1.63. The molecule has 2 rings (SSSR count). The third kappa shape index (κ3) is 2.69. The number of amides is 1. The van der Waals surface area contributed by atoms with Gasteiger partial charge in [-0.3, -0.25) is 9.59 Å². The lowest BCUT2D eigenvalue weighted by molar-refractivity contribution is 0.0988. The van der Waals surface area contributed by atoms with Gasteiger partial charge < -0.3 is 9.88 Å². The van der Waals surface area contributed by atoms with Crippen molar-refractivity contribution >= 4 is 11.6 Å². The Morgan fingerprint density at radius 3 is 2.47 bits per heavy atom. The fourth-order valence-electron chi connectivity index (χ4n) is 1.63. The molecule has 0 aliphatic carbocycles. The van der Waals surface area contributed by atoms with Crippen LogP contribution in [0.2, 0.25) is 0 Å². The van der Waals surface area contributed by atoms with Gasteiger partial charge in [-0.15, -0.1) is 0 Å². The first kappa shape index (κ1) is 12.6. The highest BCUT2D eigenvalue weighted by Gasteiger charge is 2.13. The number of nitriles is 1. The van der Waals surface area contributed by atoms with Gasteiger partial charge in [0.2, 0.25) is 5.56 Å². The Bertz CT molecular complexity index is 696. The van der Waals surface area contributed by atoms with E-state index in [1.54, 1.807) is 37.4 Å². The molecular formula is C14H11N3O2. The lowest BCUT2D eigenvalue weighted by atomic mass is 10.2. The van der Waals surface area contributed by atoms with Gasteiger partial charge in [0.05, 0.1) is 11.6 Å². The minimum Gasteiger partial charge on any atom is -0.318 e. The summed E-state index contributed by atoms with van der Waals surface area (Å²) in [5, 5.41) is 8.71. The number of H-pyrrole nitrogens is 1. The monoisotopic (exact) mass is 253 g/mol. The van der Waals surface area contributed by atoms with Crippen molar-refractivity contribution in [3.63, 3.8) is 0 Å². The second-order valence-corrected chi connectivity index (χ2v) is 3.95. The molecule has 5 heteroatoms. The number of hydrogen-bond donors (Lipinski definition) is 1. The summed E-state index contributed by atoms with van der Waals surface area (Å²) in [6, 6.07) is 13.0. The number of nitrogens with one attached hydrogen (secondary N) is 1. The summed E-state index contributed by atoms with van der Waals surface area (Å²) in [4.78, 5) is 27.2. The molecule has 0 fully saturated rings. The topological polar surface area (TPSA) is 77.0 Å². The number of aromatic amines is 1. The maximum Gasteiger partial charge on any atom is 0.274 e. The van der Waals surface area contributed by atoms with E-state index < -0.39 is 0 Å². The summed E-state index contributed by atoms with van der Waals surface area (Å²) in [6.07, 6.45) is 0. The van der Waals surface area contributed by atoms with Crippen molar-refractivity contribution in [2.24, 2.45) is 0 Å². The molecule has 1 N–H and O–H groups in total. The van der Waals surface area contributed by atoms with Gasteiger partial charge in [-0.2, -0.15) is 5.26 Å². The molecule has 19 heavy (non-hydrogen) atoms. The molecular weight excluding hydrogens is 242 g/mol. The van der Waals surface area contributed by atoms with E-state index in [2.05, 4.69) is 4.98 Å². The molecule has 94 valence electrons. The van der Waals surface area contributed by atoms with Crippen molar-refractivity contribution in [3.05, 3.63) is 64.1 Å². The molecule has 0 atom stereocenters. The molecule has 1 aromatic heterocycles. The molecule has 2 aromatic rings. The molecule has 0 bridgehead atoms. The van der Waals surface area contributed by atoms with E-state index in [1.807, 2.05) is 6.07 Å².